The molecule has 3 heterocycles. The van der Waals surface area contributed by atoms with Gasteiger partial charge >= 0.3 is 0 Å². The normalized spacial score (nSPS) is 29.6. The highest BCUT2D eigenvalue weighted by Gasteiger charge is 2.42. The fourth-order valence-electron chi connectivity index (χ4n) is 3.73. The lowest BCUT2D eigenvalue weighted by Gasteiger charge is -2.39. The maximum absolute atomic E-state index is 6.09. The highest BCUT2D eigenvalue weighted by Crippen LogP contribution is 2.36. The maximum Gasteiger partial charge on any atom is 0.119 e. The summed E-state index contributed by atoms with van der Waals surface area (Å²) < 4.78 is 13.3. The Morgan fingerprint density at radius 2 is 2.14 bits per heavy atom. The number of aromatic nitrogens is 3. The van der Waals surface area contributed by atoms with Crippen molar-refractivity contribution < 1.29 is 9.15 Å². The first kappa shape index (κ1) is 13.0. The molecule has 0 N–H and O–H groups in total. The van der Waals surface area contributed by atoms with E-state index in [4.69, 9.17) is 9.15 Å². The smallest absolute Gasteiger partial charge is 0.119 e. The van der Waals surface area contributed by atoms with E-state index in [1.807, 2.05) is 12.3 Å². The molecule has 0 radical (unpaired) electrons. The molecule has 2 fully saturated rings. The summed E-state index contributed by atoms with van der Waals surface area (Å²) in [5, 5.41) is 7.77. The number of nitrogens with zero attached hydrogens (tertiary/aromatic N) is 4. The molecular weight excluding hydrogens is 268 g/mol. The fourth-order valence-corrected chi connectivity index (χ4v) is 3.73. The Morgan fingerprint density at radius 1 is 1.24 bits per heavy atom. The van der Waals surface area contributed by atoms with Crippen molar-refractivity contribution in [2.75, 3.05) is 13.2 Å². The molecular formula is C15H20N4O2. The van der Waals surface area contributed by atoms with Crippen LogP contribution in [0.25, 0.3) is 0 Å². The maximum atomic E-state index is 6.09. The van der Waals surface area contributed by atoms with Gasteiger partial charge in [-0.25, -0.2) is 0 Å². The first-order chi connectivity index (χ1) is 10.4. The van der Waals surface area contributed by atoms with E-state index in [2.05, 4.69) is 19.7 Å². The van der Waals surface area contributed by atoms with Gasteiger partial charge < -0.3 is 13.7 Å². The Morgan fingerprint density at radius 3 is 2.95 bits per heavy atom. The molecule has 1 saturated heterocycles. The van der Waals surface area contributed by atoms with Crippen molar-refractivity contribution in [3.8, 4) is 0 Å². The summed E-state index contributed by atoms with van der Waals surface area (Å²) in [5.74, 6) is 0.554. The lowest BCUT2D eigenvalue weighted by molar-refractivity contribution is -0.0786. The van der Waals surface area contributed by atoms with E-state index in [1.54, 1.807) is 18.9 Å². The third kappa shape index (κ3) is 2.61. The molecule has 112 valence electrons. The van der Waals surface area contributed by atoms with Crippen molar-refractivity contribution in [2.24, 2.45) is 5.92 Å². The minimum Gasteiger partial charge on any atom is -0.472 e. The summed E-state index contributed by atoms with van der Waals surface area (Å²) in [4.78, 5) is 2.55. The highest BCUT2D eigenvalue weighted by molar-refractivity contribution is 5.07. The van der Waals surface area contributed by atoms with Crippen LogP contribution in [0.3, 0.4) is 0 Å². The van der Waals surface area contributed by atoms with Gasteiger partial charge in [0.05, 0.1) is 25.2 Å². The van der Waals surface area contributed by atoms with Crippen LogP contribution in [0.15, 0.2) is 35.7 Å². The molecule has 2 aliphatic rings. The minimum atomic E-state index is 0.327. The molecule has 3 atom stereocenters. The van der Waals surface area contributed by atoms with Gasteiger partial charge in [0.25, 0.3) is 0 Å². The quantitative estimate of drug-likeness (QED) is 0.854. The zero-order valence-electron chi connectivity index (χ0n) is 12.0. The van der Waals surface area contributed by atoms with Crippen LogP contribution in [-0.2, 0) is 17.8 Å². The number of furan rings is 1. The number of morpholine rings is 1. The fraction of sp³-hybridized carbons (Fsp3) is 0.600. The van der Waals surface area contributed by atoms with Gasteiger partial charge in [0.2, 0.25) is 0 Å². The molecule has 1 aliphatic heterocycles. The molecule has 6 nitrogen and oxygen atoms in total. The summed E-state index contributed by atoms with van der Waals surface area (Å²) in [6, 6.07) is 2.57. The summed E-state index contributed by atoms with van der Waals surface area (Å²) in [6.45, 7) is 3.73. The number of rotatable bonds is 4. The Kier molecular flexibility index (Phi) is 3.48. The van der Waals surface area contributed by atoms with Crippen molar-refractivity contribution in [3.63, 3.8) is 0 Å². The molecule has 2 aromatic rings. The Bertz CT molecular complexity index is 554. The van der Waals surface area contributed by atoms with Crippen LogP contribution in [0.1, 0.15) is 18.4 Å². The van der Waals surface area contributed by atoms with E-state index >= 15 is 0 Å². The third-order valence-corrected chi connectivity index (χ3v) is 4.71. The molecule has 1 aliphatic carbocycles. The largest absolute Gasteiger partial charge is 0.472 e. The summed E-state index contributed by atoms with van der Waals surface area (Å²) in [6.07, 6.45) is 9.90. The summed E-state index contributed by atoms with van der Waals surface area (Å²) in [5.41, 5.74) is 1.25. The van der Waals surface area contributed by atoms with Crippen molar-refractivity contribution in [1.82, 2.24) is 19.7 Å². The average Bonchev–Trinajstić information content (AvgIpc) is 3.22. The molecule has 2 aromatic heterocycles. The third-order valence-electron chi connectivity index (χ3n) is 4.71. The van der Waals surface area contributed by atoms with Gasteiger partial charge in [-0.2, -0.15) is 0 Å². The molecule has 0 spiro atoms. The molecule has 21 heavy (non-hydrogen) atoms. The van der Waals surface area contributed by atoms with Gasteiger partial charge in [-0.1, -0.05) is 0 Å². The highest BCUT2D eigenvalue weighted by atomic mass is 16.5. The van der Waals surface area contributed by atoms with Gasteiger partial charge in [-0.3, -0.25) is 4.90 Å². The standard InChI is InChI=1S/C15H20N4O2/c1-2-14-15(13(1)8-18-10-16-17-11-18)21-6-4-19(14)7-12-3-5-20-9-12/h3,5,9-11,13-15H,1-2,4,6-8H2/t13-,14-,15+/m0/s1. The second kappa shape index (κ2) is 5.61. The lowest BCUT2D eigenvalue weighted by atomic mass is 10.0. The molecule has 0 aromatic carbocycles. The lowest BCUT2D eigenvalue weighted by Crippen LogP contribution is -2.50. The van der Waals surface area contributed by atoms with Gasteiger partial charge in [-0.15, -0.1) is 10.2 Å². The number of hydrogen-bond donors (Lipinski definition) is 0. The van der Waals surface area contributed by atoms with E-state index in [0.717, 1.165) is 26.2 Å². The zero-order valence-corrected chi connectivity index (χ0v) is 12.0. The molecule has 1 saturated carbocycles. The summed E-state index contributed by atoms with van der Waals surface area (Å²) in [7, 11) is 0. The van der Waals surface area contributed by atoms with Crippen molar-refractivity contribution in [3.05, 3.63) is 36.8 Å². The zero-order chi connectivity index (χ0) is 14.1. The van der Waals surface area contributed by atoms with Crippen molar-refractivity contribution in [2.45, 2.75) is 38.1 Å². The topological polar surface area (TPSA) is 56.3 Å². The van der Waals surface area contributed by atoms with Crippen LogP contribution in [0.4, 0.5) is 0 Å². The monoisotopic (exact) mass is 288 g/mol. The second-order valence-corrected chi connectivity index (χ2v) is 6.00. The van der Waals surface area contributed by atoms with Crippen LogP contribution in [0, 0.1) is 5.92 Å². The van der Waals surface area contributed by atoms with Crippen LogP contribution in [0.2, 0.25) is 0 Å². The first-order valence-corrected chi connectivity index (χ1v) is 7.59. The number of fused-ring (bicyclic) bond motifs is 1. The molecule has 0 unspecified atom stereocenters. The van der Waals surface area contributed by atoms with Crippen LogP contribution >= 0.6 is 0 Å². The molecule has 4 rings (SSSR count). The van der Waals surface area contributed by atoms with Crippen LogP contribution in [0.5, 0.6) is 0 Å². The van der Waals surface area contributed by atoms with Crippen LogP contribution < -0.4 is 0 Å². The van der Waals surface area contributed by atoms with Crippen molar-refractivity contribution >= 4 is 0 Å². The molecule has 0 amide bonds. The van der Waals surface area contributed by atoms with E-state index in [0.29, 0.717) is 18.1 Å². The Hall–Kier alpha value is -1.66. The van der Waals surface area contributed by atoms with E-state index < -0.39 is 0 Å². The van der Waals surface area contributed by atoms with Crippen molar-refractivity contribution in [1.29, 1.82) is 0 Å². The summed E-state index contributed by atoms with van der Waals surface area (Å²) >= 11 is 0. The predicted octanol–water partition coefficient (Wildman–Crippen LogP) is 1.55. The van der Waals surface area contributed by atoms with Gasteiger partial charge in [0, 0.05) is 37.2 Å². The van der Waals surface area contributed by atoms with E-state index in [1.165, 1.54) is 18.4 Å². The number of hydrogen-bond acceptors (Lipinski definition) is 5. The second-order valence-electron chi connectivity index (χ2n) is 6.00. The SMILES string of the molecule is c1cc(CN2CCO[C@@H]3[C@H](Cn4cnnc4)CC[C@@H]32)co1. The van der Waals surface area contributed by atoms with Crippen LogP contribution in [-0.4, -0.2) is 45.0 Å². The Labute approximate surface area is 123 Å². The van der Waals surface area contributed by atoms with E-state index in [9.17, 15) is 0 Å². The van der Waals surface area contributed by atoms with Gasteiger partial charge in [0.1, 0.15) is 12.7 Å². The van der Waals surface area contributed by atoms with Gasteiger partial charge in [0.15, 0.2) is 0 Å². The minimum absolute atomic E-state index is 0.327. The number of ether oxygens (including phenoxy) is 1. The first-order valence-electron chi connectivity index (χ1n) is 7.59. The van der Waals surface area contributed by atoms with E-state index in [-0.39, 0.29) is 0 Å². The molecule has 0 bridgehead atoms. The predicted molar refractivity (Wildman–Crippen MR) is 75.4 cm³/mol. The molecule has 6 heteroatoms. The van der Waals surface area contributed by atoms with Gasteiger partial charge in [-0.05, 0) is 18.9 Å². The average molecular weight is 288 g/mol. The Balaban J connectivity index is 1.44.